The lowest BCUT2D eigenvalue weighted by atomic mass is 9.99. The molecule has 0 saturated carbocycles. The second-order valence-corrected chi connectivity index (χ2v) is 8.61. The number of aliphatic imine (C=N–C) groups is 1. The molecule has 6 nitrogen and oxygen atoms in total. The summed E-state index contributed by atoms with van der Waals surface area (Å²) in [5, 5.41) is 3.65. The van der Waals surface area contributed by atoms with Crippen molar-refractivity contribution < 1.29 is 4.79 Å². The number of pyridine rings is 1. The number of halogens is 1. The fourth-order valence-corrected chi connectivity index (χ4v) is 3.41. The summed E-state index contributed by atoms with van der Waals surface area (Å²) in [4.78, 5) is 30.6. The van der Waals surface area contributed by atoms with Crippen molar-refractivity contribution >= 4 is 23.7 Å². The van der Waals surface area contributed by atoms with Crippen molar-refractivity contribution in [1.82, 2.24) is 20.3 Å². The molecule has 2 aromatic heterocycles. The van der Waals surface area contributed by atoms with Gasteiger partial charge in [0.1, 0.15) is 6.33 Å². The number of nitrogens with one attached hydrogen (secondary N) is 1. The van der Waals surface area contributed by atoms with Crippen LogP contribution in [0.5, 0.6) is 0 Å². The van der Waals surface area contributed by atoms with Crippen molar-refractivity contribution in [1.29, 1.82) is 0 Å². The number of benzene rings is 1. The minimum absolute atomic E-state index is 0.177. The summed E-state index contributed by atoms with van der Waals surface area (Å²) in [5.74, 6) is -0.0392. The Balaban J connectivity index is 2.15. The first-order valence-corrected chi connectivity index (χ1v) is 10.4. The molecule has 0 saturated heterocycles. The molecule has 31 heavy (non-hydrogen) atoms. The van der Waals surface area contributed by atoms with E-state index in [1.54, 1.807) is 43.7 Å². The Morgan fingerprint density at radius 3 is 2.48 bits per heavy atom. The third-order valence-electron chi connectivity index (χ3n) is 4.68. The second kappa shape index (κ2) is 9.35. The molecule has 0 atom stereocenters. The number of hydrogen-bond acceptors (Lipinski definition) is 5. The monoisotopic (exact) mass is 435 g/mol. The largest absolute Gasteiger partial charge is 0.342 e. The molecule has 0 spiro atoms. The lowest BCUT2D eigenvalue weighted by Crippen LogP contribution is -2.44. The van der Waals surface area contributed by atoms with Crippen LogP contribution in [0.4, 0.5) is 0 Å². The van der Waals surface area contributed by atoms with E-state index < -0.39 is 5.54 Å². The summed E-state index contributed by atoms with van der Waals surface area (Å²) in [5.41, 5.74) is 3.75. The zero-order chi connectivity index (χ0) is 22.6. The van der Waals surface area contributed by atoms with Crippen LogP contribution in [0.2, 0.25) is 5.02 Å². The molecule has 0 aliphatic rings. The van der Waals surface area contributed by atoms with E-state index in [-0.39, 0.29) is 11.8 Å². The maximum Gasteiger partial charge on any atom is 0.252 e. The van der Waals surface area contributed by atoms with Crippen molar-refractivity contribution in [3.63, 3.8) is 0 Å². The Kier molecular flexibility index (Phi) is 6.81. The van der Waals surface area contributed by atoms with Gasteiger partial charge in [0.2, 0.25) is 0 Å². The molecule has 0 unspecified atom stereocenters. The summed E-state index contributed by atoms with van der Waals surface area (Å²) in [6, 6.07) is 10.9. The van der Waals surface area contributed by atoms with Crippen LogP contribution < -0.4 is 5.32 Å². The van der Waals surface area contributed by atoms with Crippen LogP contribution in [0, 0.1) is 0 Å². The van der Waals surface area contributed by atoms with Crippen LogP contribution in [0.15, 0.2) is 53.9 Å². The Labute approximate surface area is 187 Å². The number of rotatable bonds is 6. The molecule has 1 amide bonds. The molecule has 3 aromatic rings. The van der Waals surface area contributed by atoms with E-state index in [1.165, 1.54) is 6.33 Å². The first-order chi connectivity index (χ1) is 14.7. The molecule has 2 heterocycles. The van der Waals surface area contributed by atoms with E-state index >= 15 is 0 Å². The van der Waals surface area contributed by atoms with Gasteiger partial charge >= 0.3 is 0 Å². The Morgan fingerprint density at radius 2 is 1.84 bits per heavy atom. The molecule has 1 aromatic carbocycles. The third kappa shape index (κ3) is 5.52. The molecule has 0 bridgehead atoms. The summed E-state index contributed by atoms with van der Waals surface area (Å²) in [6.07, 6.45) is 4.97. The first kappa shape index (κ1) is 22.6. The highest BCUT2D eigenvalue weighted by Crippen LogP contribution is 2.29. The summed E-state index contributed by atoms with van der Waals surface area (Å²) in [7, 11) is 1.68. The highest BCUT2D eigenvalue weighted by Gasteiger charge is 2.21. The van der Waals surface area contributed by atoms with Gasteiger partial charge in [-0.05, 0) is 44.0 Å². The Hall–Kier alpha value is -3.12. The van der Waals surface area contributed by atoms with E-state index in [4.69, 9.17) is 16.6 Å². The zero-order valence-corrected chi connectivity index (χ0v) is 19.1. The normalized spacial score (nSPS) is 11.8. The second-order valence-electron chi connectivity index (χ2n) is 8.17. The van der Waals surface area contributed by atoms with E-state index in [9.17, 15) is 4.79 Å². The average molecular weight is 436 g/mol. The molecule has 0 aliphatic heterocycles. The van der Waals surface area contributed by atoms with Gasteiger partial charge in [-0.1, -0.05) is 37.6 Å². The third-order valence-corrected chi connectivity index (χ3v) is 4.93. The predicted octanol–water partition coefficient (Wildman–Crippen LogP) is 5.19. The van der Waals surface area contributed by atoms with Crippen LogP contribution in [-0.4, -0.2) is 39.7 Å². The molecule has 7 heteroatoms. The number of amides is 1. The van der Waals surface area contributed by atoms with E-state index in [1.807, 2.05) is 26.0 Å². The fraction of sp³-hybridized carbons (Fsp3) is 0.292. The molecule has 160 valence electrons. The maximum atomic E-state index is 13.1. The Morgan fingerprint density at radius 1 is 1.16 bits per heavy atom. The summed E-state index contributed by atoms with van der Waals surface area (Å²) < 4.78 is 0. The van der Waals surface area contributed by atoms with Gasteiger partial charge in [-0.3, -0.25) is 9.79 Å². The fourth-order valence-electron chi connectivity index (χ4n) is 3.28. The van der Waals surface area contributed by atoms with Gasteiger partial charge in [0, 0.05) is 41.2 Å². The summed E-state index contributed by atoms with van der Waals surface area (Å²) in [6.45, 7) is 7.91. The molecular weight excluding hydrogens is 410 g/mol. The van der Waals surface area contributed by atoms with Crippen molar-refractivity contribution in [2.45, 2.75) is 39.2 Å². The molecule has 0 aliphatic carbocycles. The van der Waals surface area contributed by atoms with Crippen molar-refractivity contribution in [2.24, 2.45) is 4.99 Å². The number of nitrogens with zero attached hydrogens (tertiary/aromatic N) is 4. The van der Waals surface area contributed by atoms with Crippen LogP contribution in [0.3, 0.4) is 0 Å². The minimum atomic E-state index is -0.589. The Bertz CT molecular complexity index is 1110. The maximum absolute atomic E-state index is 13.1. The first-order valence-electron chi connectivity index (χ1n) is 10.0. The highest BCUT2D eigenvalue weighted by molar-refractivity contribution is 6.30. The average Bonchev–Trinajstić information content (AvgIpc) is 2.73. The number of carbonyl (C=O) groups is 1. The molecule has 0 radical (unpaired) electrons. The quantitative estimate of drug-likeness (QED) is 0.540. The van der Waals surface area contributed by atoms with E-state index in [2.05, 4.69) is 34.1 Å². The van der Waals surface area contributed by atoms with Crippen molar-refractivity contribution in [2.75, 3.05) is 7.05 Å². The number of aromatic nitrogens is 3. The van der Waals surface area contributed by atoms with Crippen LogP contribution >= 0.6 is 11.6 Å². The van der Waals surface area contributed by atoms with Gasteiger partial charge in [0.25, 0.3) is 5.91 Å². The van der Waals surface area contributed by atoms with Gasteiger partial charge in [-0.25, -0.2) is 15.0 Å². The highest BCUT2D eigenvalue weighted by atomic mass is 35.5. The smallest absolute Gasteiger partial charge is 0.252 e. The predicted molar refractivity (Wildman–Crippen MR) is 126 cm³/mol. The van der Waals surface area contributed by atoms with Gasteiger partial charge < -0.3 is 5.32 Å². The van der Waals surface area contributed by atoms with Gasteiger partial charge in [0.05, 0.1) is 22.6 Å². The summed E-state index contributed by atoms with van der Waals surface area (Å²) >= 11 is 6.05. The SMILES string of the molecule is C/N=C\C(C)(C)NC(=O)c1cc(-c2ccc(Cl)cc2)nc(-c2cncnc2C(C)C)c1. The van der Waals surface area contributed by atoms with Crippen LogP contribution in [0.1, 0.15) is 49.7 Å². The lowest BCUT2D eigenvalue weighted by molar-refractivity contribution is 0.0933. The molecule has 1 N–H and O–H groups in total. The molecule has 0 fully saturated rings. The van der Waals surface area contributed by atoms with Gasteiger partial charge in [0.15, 0.2) is 0 Å². The van der Waals surface area contributed by atoms with Gasteiger partial charge in [-0.15, -0.1) is 0 Å². The van der Waals surface area contributed by atoms with Crippen molar-refractivity contribution in [3.8, 4) is 22.5 Å². The molecular formula is C24H26ClN5O. The minimum Gasteiger partial charge on any atom is -0.342 e. The van der Waals surface area contributed by atoms with Crippen LogP contribution in [-0.2, 0) is 0 Å². The van der Waals surface area contributed by atoms with E-state index in [0.717, 1.165) is 16.8 Å². The van der Waals surface area contributed by atoms with Crippen LogP contribution in [0.25, 0.3) is 22.5 Å². The van der Waals surface area contributed by atoms with E-state index in [0.29, 0.717) is 22.0 Å². The molecule has 3 rings (SSSR count). The van der Waals surface area contributed by atoms with Crippen molar-refractivity contribution in [3.05, 3.63) is 65.2 Å². The zero-order valence-electron chi connectivity index (χ0n) is 18.3. The number of carbonyl (C=O) groups excluding carboxylic acids is 1. The lowest BCUT2D eigenvalue weighted by Gasteiger charge is -2.22. The standard InChI is InChI=1S/C24H26ClN5O/c1-15(2)22-19(12-27-14-28-22)21-11-17(23(31)30-24(3,4)13-26-5)10-20(29-21)16-6-8-18(25)9-7-16/h6-15H,1-5H3,(H,30,31)/b26-13-. The topological polar surface area (TPSA) is 80.1 Å². The van der Waals surface area contributed by atoms with Gasteiger partial charge in [-0.2, -0.15) is 0 Å². The number of hydrogen-bond donors (Lipinski definition) is 1.